The van der Waals surface area contributed by atoms with Gasteiger partial charge in [-0.2, -0.15) is 0 Å². The van der Waals surface area contributed by atoms with Crippen LogP contribution in [0.15, 0.2) is 249 Å². The quantitative estimate of drug-likeness (QED) is 0.142. The van der Waals surface area contributed by atoms with Gasteiger partial charge in [-0.3, -0.25) is 0 Å². The van der Waals surface area contributed by atoms with E-state index < -0.39 is 0 Å². The molecule has 0 amide bonds. The summed E-state index contributed by atoms with van der Waals surface area (Å²) in [7, 11) is 0. The van der Waals surface area contributed by atoms with Gasteiger partial charge in [0.15, 0.2) is 0 Å². The normalized spacial score (nSPS) is 11.1. The van der Waals surface area contributed by atoms with Gasteiger partial charge < -0.3 is 4.90 Å². The van der Waals surface area contributed by atoms with Gasteiger partial charge in [0.1, 0.15) is 0 Å². The van der Waals surface area contributed by atoms with Gasteiger partial charge in [-0.25, -0.2) is 0 Å². The molecule has 0 saturated carbocycles. The first kappa shape index (κ1) is 35.7. The number of hydrogen-bond donors (Lipinski definition) is 0. The third kappa shape index (κ3) is 7.12. The molecular formula is C58H41N. The summed E-state index contributed by atoms with van der Waals surface area (Å²) in [4.78, 5) is 2.41. The molecule has 0 aromatic heterocycles. The van der Waals surface area contributed by atoms with Crippen LogP contribution < -0.4 is 4.90 Å². The lowest BCUT2D eigenvalue weighted by molar-refractivity contribution is 1.28. The monoisotopic (exact) mass is 751 g/mol. The molecule has 0 unspecified atom stereocenters. The van der Waals surface area contributed by atoms with E-state index in [-0.39, 0.29) is 0 Å². The van der Waals surface area contributed by atoms with Gasteiger partial charge in [0.25, 0.3) is 0 Å². The Balaban J connectivity index is 1.11. The molecule has 0 aliphatic rings. The summed E-state index contributed by atoms with van der Waals surface area (Å²) in [5, 5.41) is 2.46. The first-order chi connectivity index (χ1) is 29.3. The van der Waals surface area contributed by atoms with Crippen LogP contribution in [0.5, 0.6) is 0 Å². The highest BCUT2D eigenvalue weighted by Crippen LogP contribution is 2.45. The number of anilines is 3. The number of hydrogen-bond acceptors (Lipinski definition) is 1. The van der Waals surface area contributed by atoms with E-state index in [1.54, 1.807) is 0 Å². The van der Waals surface area contributed by atoms with Crippen molar-refractivity contribution in [3.63, 3.8) is 0 Å². The first-order valence-electron chi connectivity index (χ1n) is 20.3. The van der Waals surface area contributed by atoms with E-state index in [1.807, 2.05) is 0 Å². The molecule has 1 nitrogen and oxygen atoms in total. The molecule has 59 heavy (non-hydrogen) atoms. The summed E-state index contributed by atoms with van der Waals surface area (Å²) in [6.45, 7) is 0. The fourth-order valence-corrected chi connectivity index (χ4v) is 8.43. The van der Waals surface area contributed by atoms with E-state index in [0.29, 0.717) is 0 Å². The molecule has 0 N–H and O–H groups in total. The summed E-state index contributed by atoms with van der Waals surface area (Å²) in [6, 6.07) is 89.8. The predicted molar refractivity (Wildman–Crippen MR) is 251 cm³/mol. The molecule has 0 spiro atoms. The van der Waals surface area contributed by atoms with Gasteiger partial charge in [0.2, 0.25) is 0 Å². The Labute approximate surface area is 346 Å². The van der Waals surface area contributed by atoms with Crippen molar-refractivity contribution in [2.24, 2.45) is 0 Å². The molecule has 0 radical (unpaired) electrons. The minimum atomic E-state index is 1.08. The molecule has 0 aliphatic carbocycles. The van der Waals surface area contributed by atoms with Crippen molar-refractivity contribution in [3.8, 4) is 66.8 Å². The van der Waals surface area contributed by atoms with E-state index in [4.69, 9.17) is 0 Å². The second-order valence-electron chi connectivity index (χ2n) is 14.9. The average Bonchev–Trinajstić information content (AvgIpc) is 3.33. The minimum Gasteiger partial charge on any atom is -0.310 e. The maximum absolute atomic E-state index is 2.41. The van der Waals surface area contributed by atoms with Crippen LogP contribution in [0.3, 0.4) is 0 Å². The zero-order valence-corrected chi connectivity index (χ0v) is 32.6. The standard InChI is InChI=1S/C58H41N/c1-5-17-42(18-6-1)43-31-36-50(37-32-43)59(57-30-14-13-27-54(57)55-29-16-26-48-25-15-28-53(58(48)55)46-21-9-3-10-22-46)51-38-33-44(34-39-51)49-35-40-52(45-19-7-2-8-20-45)56(41-49)47-23-11-4-12-24-47/h1-41H. The van der Waals surface area contributed by atoms with E-state index >= 15 is 0 Å². The summed E-state index contributed by atoms with van der Waals surface area (Å²) in [5.74, 6) is 0. The molecule has 278 valence electrons. The number of benzene rings is 10. The molecule has 0 aliphatic heterocycles. The third-order valence-corrected chi connectivity index (χ3v) is 11.3. The number of rotatable bonds is 9. The molecule has 10 aromatic rings. The van der Waals surface area contributed by atoms with Crippen molar-refractivity contribution >= 4 is 27.8 Å². The largest absolute Gasteiger partial charge is 0.310 e. The lowest BCUT2D eigenvalue weighted by Crippen LogP contribution is -2.11. The predicted octanol–water partition coefficient (Wildman–Crippen LogP) is 16.3. The van der Waals surface area contributed by atoms with Gasteiger partial charge in [0.05, 0.1) is 5.69 Å². The molecule has 10 rings (SSSR count). The van der Waals surface area contributed by atoms with E-state index in [9.17, 15) is 0 Å². The van der Waals surface area contributed by atoms with Crippen molar-refractivity contribution < 1.29 is 0 Å². The third-order valence-electron chi connectivity index (χ3n) is 11.3. The minimum absolute atomic E-state index is 1.08. The fourth-order valence-electron chi connectivity index (χ4n) is 8.43. The van der Waals surface area contributed by atoms with Crippen molar-refractivity contribution in [1.29, 1.82) is 0 Å². The van der Waals surface area contributed by atoms with Gasteiger partial charge in [-0.15, -0.1) is 0 Å². The zero-order valence-electron chi connectivity index (χ0n) is 32.6. The molecule has 0 fully saturated rings. The Morgan fingerprint density at radius 2 is 0.627 bits per heavy atom. The van der Waals surface area contributed by atoms with Crippen LogP contribution in [0.25, 0.3) is 77.5 Å². The summed E-state index contributed by atoms with van der Waals surface area (Å²) >= 11 is 0. The van der Waals surface area contributed by atoms with Crippen molar-refractivity contribution in [3.05, 3.63) is 249 Å². The topological polar surface area (TPSA) is 3.24 Å². The Kier molecular flexibility index (Phi) is 9.68. The van der Waals surface area contributed by atoms with Crippen molar-refractivity contribution in [2.45, 2.75) is 0 Å². The molecule has 10 aromatic carbocycles. The van der Waals surface area contributed by atoms with E-state index in [2.05, 4.69) is 254 Å². The van der Waals surface area contributed by atoms with Crippen LogP contribution in [0, 0.1) is 0 Å². The average molecular weight is 752 g/mol. The van der Waals surface area contributed by atoms with Crippen LogP contribution in [0.1, 0.15) is 0 Å². The van der Waals surface area contributed by atoms with Crippen LogP contribution >= 0.6 is 0 Å². The summed E-state index contributed by atoms with van der Waals surface area (Å²) in [6.07, 6.45) is 0. The second kappa shape index (κ2) is 16.0. The summed E-state index contributed by atoms with van der Waals surface area (Å²) < 4.78 is 0. The maximum atomic E-state index is 2.41. The Morgan fingerprint density at radius 3 is 1.20 bits per heavy atom. The zero-order chi connectivity index (χ0) is 39.4. The van der Waals surface area contributed by atoms with Crippen LogP contribution in [0.2, 0.25) is 0 Å². The molecule has 0 heterocycles. The van der Waals surface area contributed by atoms with Crippen molar-refractivity contribution in [2.75, 3.05) is 4.90 Å². The highest BCUT2D eigenvalue weighted by molar-refractivity contribution is 6.08. The molecular weight excluding hydrogens is 711 g/mol. The summed E-state index contributed by atoms with van der Waals surface area (Å²) in [5.41, 5.74) is 17.7. The highest BCUT2D eigenvalue weighted by Gasteiger charge is 2.20. The first-order valence-corrected chi connectivity index (χ1v) is 20.3. The molecule has 1 heteroatoms. The Morgan fingerprint density at radius 1 is 0.220 bits per heavy atom. The molecule has 0 saturated heterocycles. The van der Waals surface area contributed by atoms with Gasteiger partial charge in [0, 0.05) is 16.9 Å². The number of nitrogens with zero attached hydrogens (tertiary/aromatic N) is 1. The van der Waals surface area contributed by atoms with E-state index in [1.165, 1.54) is 77.5 Å². The van der Waals surface area contributed by atoms with Crippen LogP contribution in [0.4, 0.5) is 17.1 Å². The van der Waals surface area contributed by atoms with Gasteiger partial charge in [-0.05, 0) is 108 Å². The molecule has 0 atom stereocenters. The number of fused-ring (bicyclic) bond motifs is 1. The van der Waals surface area contributed by atoms with Gasteiger partial charge in [-0.1, -0.05) is 212 Å². The van der Waals surface area contributed by atoms with Crippen LogP contribution in [-0.2, 0) is 0 Å². The second-order valence-corrected chi connectivity index (χ2v) is 14.9. The smallest absolute Gasteiger partial charge is 0.0540 e. The highest BCUT2D eigenvalue weighted by atomic mass is 15.1. The molecule has 0 bridgehead atoms. The van der Waals surface area contributed by atoms with E-state index in [0.717, 1.165) is 17.1 Å². The SMILES string of the molecule is c1ccc(-c2ccc(N(c3ccc(-c4ccc(-c5ccccc5)c(-c5ccccc5)c4)cc3)c3ccccc3-c3cccc4cccc(-c5ccccc5)c34)cc2)cc1. The fraction of sp³-hybridized carbons (Fsp3) is 0. The van der Waals surface area contributed by atoms with Crippen molar-refractivity contribution in [1.82, 2.24) is 0 Å². The lowest BCUT2D eigenvalue weighted by Gasteiger charge is -2.29. The number of para-hydroxylation sites is 1. The Bertz CT molecular complexity index is 2990. The lowest BCUT2D eigenvalue weighted by atomic mass is 9.90. The maximum Gasteiger partial charge on any atom is 0.0540 e. The van der Waals surface area contributed by atoms with Gasteiger partial charge >= 0.3 is 0 Å². The Hall–Kier alpha value is -7.74. The van der Waals surface area contributed by atoms with Crippen LogP contribution in [-0.4, -0.2) is 0 Å².